The monoisotopic (exact) mass is 367 g/mol. The first-order chi connectivity index (χ1) is 12.7. The van der Waals surface area contributed by atoms with Gasteiger partial charge in [-0.25, -0.2) is 4.98 Å². The number of benzene rings is 2. The summed E-state index contributed by atoms with van der Waals surface area (Å²) in [6.45, 7) is 2.49. The number of hydrogen-bond acceptors (Lipinski definition) is 4. The Labute approximate surface area is 157 Å². The summed E-state index contributed by atoms with van der Waals surface area (Å²) >= 11 is 1.52. The predicted octanol–water partition coefficient (Wildman–Crippen LogP) is 3.27. The van der Waals surface area contributed by atoms with E-state index < -0.39 is 0 Å². The highest BCUT2D eigenvalue weighted by atomic mass is 32.2. The second-order valence-corrected chi connectivity index (χ2v) is 7.36. The number of carbonyl (C=O) groups is 1. The van der Waals surface area contributed by atoms with Gasteiger partial charge in [-0.2, -0.15) is 0 Å². The zero-order valence-electron chi connectivity index (χ0n) is 14.7. The van der Waals surface area contributed by atoms with Gasteiger partial charge in [-0.3, -0.25) is 4.79 Å². The number of aromatic nitrogens is 2. The molecule has 0 bridgehead atoms. The molecule has 1 atom stereocenters. The number of morpholine rings is 1. The van der Waals surface area contributed by atoms with Gasteiger partial charge in [0.25, 0.3) is 0 Å². The minimum absolute atomic E-state index is 0.122. The molecule has 1 aliphatic rings. The third kappa shape index (κ3) is 3.34. The van der Waals surface area contributed by atoms with Gasteiger partial charge in [0.15, 0.2) is 5.16 Å². The Balaban J connectivity index is 1.68. The van der Waals surface area contributed by atoms with E-state index in [9.17, 15) is 4.79 Å². The Morgan fingerprint density at radius 3 is 2.50 bits per heavy atom. The zero-order chi connectivity index (χ0) is 17.9. The summed E-state index contributed by atoms with van der Waals surface area (Å²) in [5.74, 6) is 0.122. The molecule has 0 aliphatic carbocycles. The number of aryl methyl sites for hydroxylation is 1. The number of thioether (sulfide) groups is 1. The first kappa shape index (κ1) is 17.1. The number of nitrogens with zero attached hydrogens (tertiary/aromatic N) is 3. The number of ether oxygens (including phenoxy) is 1. The van der Waals surface area contributed by atoms with Crippen LogP contribution >= 0.6 is 11.8 Å². The average Bonchev–Trinajstić information content (AvgIpc) is 3.03. The maximum Gasteiger partial charge on any atom is 0.240 e. The molecule has 26 heavy (non-hydrogen) atoms. The number of amides is 1. The molecule has 0 unspecified atom stereocenters. The molecule has 134 valence electrons. The Kier molecular flexibility index (Phi) is 4.95. The Morgan fingerprint density at radius 1 is 1.08 bits per heavy atom. The van der Waals surface area contributed by atoms with Crippen LogP contribution in [0.25, 0.3) is 11.0 Å². The number of para-hydroxylation sites is 2. The number of imidazole rings is 1. The fourth-order valence-corrected chi connectivity index (χ4v) is 4.33. The molecule has 1 fully saturated rings. The number of carbonyl (C=O) groups excluding carboxylic acids is 1. The van der Waals surface area contributed by atoms with Crippen LogP contribution in [0, 0.1) is 0 Å². The fourth-order valence-electron chi connectivity index (χ4n) is 3.17. The van der Waals surface area contributed by atoms with Gasteiger partial charge in [0.05, 0.1) is 24.2 Å². The lowest BCUT2D eigenvalue weighted by Gasteiger charge is -2.30. The first-order valence-corrected chi connectivity index (χ1v) is 9.61. The van der Waals surface area contributed by atoms with Crippen LogP contribution in [-0.4, -0.2) is 46.7 Å². The SMILES string of the molecule is Cn1c(S[C@H](C(=O)N2CCOCC2)c2ccccc2)nc2ccccc21. The lowest BCUT2D eigenvalue weighted by Crippen LogP contribution is -2.42. The topological polar surface area (TPSA) is 47.4 Å². The highest BCUT2D eigenvalue weighted by molar-refractivity contribution is 8.00. The molecule has 5 nitrogen and oxygen atoms in total. The van der Waals surface area contributed by atoms with Crippen molar-refractivity contribution >= 4 is 28.7 Å². The van der Waals surface area contributed by atoms with Gasteiger partial charge in [-0.15, -0.1) is 0 Å². The first-order valence-electron chi connectivity index (χ1n) is 8.73. The molecule has 1 saturated heterocycles. The van der Waals surface area contributed by atoms with Crippen molar-refractivity contribution in [1.29, 1.82) is 0 Å². The van der Waals surface area contributed by atoms with Crippen molar-refractivity contribution in [3.8, 4) is 0 Å². The van der Waals surface area contributed by atoms with Crippen molar-refractivity contribution in [3.63, 3.8) is 0 Å². The normalized spacial score (nSPS) is 16.0. The third-order valence-corrected chi connectivity index (χ3v) is 5.90. The largest absolute Gasteiger partial charge is 0.378 e. The molecule has 0 spiro atoms. The summed E-state index contributed by atoms with van der Waals surface area (Å²) in [4.78, 5) is 19.9. The van der Waals surface area contributed by atoms with E-state index in [1.54, 1.807) is 0 Å². The van der Waals surface area contributed by atoms with E-state index in [4.69, 9.17) is 9.72 Å². The molecule has 0 N–H and O–H groups in total. The summed E-state index contributed by atoms with van der Waals surface area (Å²) in [6, 6.07) is 18.0. The standard InChI is InChI=1S/C20H21N3O2S/c1-22-17-10-6-5-9-16(17)21-20(22)26-18(15-7-3-2-4-8-15)19(24)23-11-13-25-14-12-23/h2-10,18H,11-14H2,1H3/t18-/m0/s1. The van der Waals surface area contributed by atoms with E-state index >= 15 is 0 Å². The smallest absolute Gasteiger partial charge is 0.240 e. The van der Waals surface area contributed by atoms with Crippen LogP contribution in [0.2, 0.25) is 0 Å². The van der Waals surface area contributed by atoms with Gasteiger partial charge in [0.1, 0.15) is 5.25 Å². The van der Waals surface area contributed by atoms with Crippen LogP contribution in [0.4, 0.5) is 0 Å². The molecule has 0 saturated carbocycles. The van der Waals surface area contributed by atoms with Crippen LogP contribution in [0.3, 0.4) is 0 Å². The molecule has 2 aromatic carbocycles. The van der Waals surface area contributed by atoms with Crippen molar-refractivity contribution in [2.24, 2.45) is 7.05 Å². The summed E-state index contributed by atoms with van der Waals surface area (Å²) in [5, 5.41) is 0.534. The second-order valence-electron chi connectivity index (χ2n) is 6.29. The maximum atomic E-state index is 13.2. The van der Waals surface area contributed by atoms with Crippen LogP contribution in [-0.2, 0) is 16.6 Å². The quantitative estimate of drug-likeness (QED) is 0.664. The van der Waals surface area contributed by atoms with Crippen LogP contribution in [0.1, 0.15) is 10.8 Å². The molecule has 4 rings (SSSR count). The number of rotatable bonds is 4. The molecule has 0 radical (unpaired) electrons. The van der Waals surface area contributed by atoms with E-state index in [-0.39, 0.29) is 11.2 Å². The van der Waals surface area contributed by atoms with Gasteiger partial charge in [-0.05, 0) is 17.7 Å². The van der Waals surface area contributed by atoms with Gasteiger partial charge in [-0.1, -0.05) is 54.2 Å². The van der Waals surface area contributed by atoms with Crippen LogP contribution < -0.4 is 0 Å². The Bertz CT molecular complexity index is 904. The third-order valence-electron chi connectivity index (χ3n) is 4.62. The summed E-state index contributed by atoms with van der Waals surface area (Å²) in [7, 11) is 2.00. The highest BCUT2D eigenvalue weighted by Crippen LogP contribution is 2.37. The van der Waals surface area contributed by atoms with E-state index in [1.165, 1.54) is 11.8 Å². The predicted molar refractivity (Wildman–Crippen MR) is 103 cm³/mol. The van der Waals surface area contributed by atoms with E-state index in [1.807, 2.05) is 66.5 Å². The maximum absolute atomic E-state index is 13.2. The Hall–Kier alpha value is -2.31. The van der Waals surface area contributed by atoms with Gasteiger partial charge in [0, 0.05) is 20.1 Å². The molecule has 1 amide bonds. The highest BCUT2D eigenvalue weighted by Gasteiger charge is 2.29. The van der Waals surface area contributed by atoms with E-state index in [0.29, 0.717) is 26.3 Å². The molecular formula is C20H21N3O2S. The van der Waals surface area contributed by atoms with Gasteiger partial charge >= 0.3 is 0 Å². The van der Waals surface area contributed by atoms with Crippen LogP contribution in [0.5, 0.6) is 0 Å². The van der Waals surface area contributed by atoms with Gasteiger partial charge in [0.2, 0.25) is 5.91 Å². The number of hydrogen-bond donors (Lipinski definition) is 0. The molecule has 1 aliphatic heterocycles. The molecule has 1 aromatic heterocycles. The molecule has 2 heterocycles. The van der Waals surface area contributed by atoms with E-state index in [0.717, 1.165) is 21.8 Å². The van der Waals surface area contributed by atoms with Gasteiger partial charge < -0.3 is 14.2 Å². The lowest BCUT2D eigenvalue weighted by molar-refractivity contribution is -0.134. The summed E-state index contributed by atoms with van der Waals surface area (Å²) in [6.07, 6.45) is 0. The molecule has 6 heteroatoms. The lowest BCUT2D eigenvalue weighted by atomic mass is 10.1. The number of fused-ring (bicyclic) bond motifs is 1. The van der Waals surface area contributed by atoms with Crippen LogP contribution in [0.15, 0.2) is 59.8 Å². The molecular weight excluding hydrogens is 346 g/mol. The van der Waals surface area contributed by atoms with Crippen molar-refractivity contribution < 1.29 is 9.53 Å². The Morgan fingerprint density at radius 2 is 1.77 bits per heavy atom. The average molecular weight is 367 g/mol. The summed E-state index contributed by atoms with van der Waals surface area (Å²) in [5.41, 5.74) is 3.02. The van der Waals surface area contributed by atoms with Crippen molar-refractivity contribution in [2.45, 2.75) is 10.4 Å². The minimum Gasteiger partial charge on any atom is -0.378 e. The summed E-state index contributed by atoms with van der Waals surface area (Å²) < 4.78 is 7.45. The van der Waals surface area contributed by atoms with E-state index in [2.05, 4.69) is 4.57 Å². The fraction of sp³-hybridized carbons (Fsp3) is 0.300. The minimum atomic E-state index is -0.315. The van der Waals surface area contributed by atoms with Crippen molar-refractivity contribution in [3.05, 3.63) is 60.2 Å². The van der Waals surface area contributed by atoms with Crippen molar-refractivity contribution in [2.75, 3.05) is 26.3 Å². The van der Waals surface area contributed by atoms with Crippen molar-refractivity contribution in [1.82, 2.24) is 14.5 Å². The zero-order valence-corrected chi connectivity index (χ0v) is 15.5. The second kappa shape index (κ2) is 7.51. The molecule has 3 aromatic rings.